The number of carbonyl (C=O) groups is 4. The molecular formula is C81H158O17P2. The smallest absolute Gasteiger partial charge is 0.462 e. The standard InChI is InChI=1S/C81H158O17P2/c1-7-10-12-14-16-18-20-33-39-45-51-57-63-78(83)91-69-76(97-80(85)65-59-53-47-41-34-21-19-17-15-13-11-8-2)71-95-99(87,88)93-67-75(82)68-94-100(89,90)96-72-77(98-81(86)66-60-54-48-42-36-30-24-22-23-27-31-37-43-49-55-61-73(4)5)70-92-79(84)64-58-52-46-40-35-29-26-25-28-32-38-44-50-56-62-74(6)9-3/h73-77,82H,7-72H2,1-6H3,(H,87,88)(H,89,90)/t74?,75-,76+,77+/m0/s1. The van der Waals surface area contributed by atoms with E-state index in [1.54, 1.807) is 0 Å². The third-order valence-electron chi connectivity index (χ3n) is 19.3. The molecule has 0 bridgehead atoms. The van der Waals surface area contributed by atoms with Crippen molar-refractivity contribution in [1.82, 2.24) is 0 Å². The summed E-state index contributed by atoms with van der Waals surface area (Å²) < 4.78 is 68.7. The van der Waals surface area contributed by atoms with Gasteiger partial charge in [-0.25, -0.2) is 9.13 Å². The number of ether oxygens (including phenoxy) is 4. The van der Waals surface area contributed by atoms with Crippen LogP contribution in [0.15, 0.2) is 0 Å². The largest absolute Gasteiger partial charge is 0.472 e. The highest BCUT2D eigenvalue weighted by Gasteiger charge is 2.30. The zero-order valence-electron chi connectivity index (χ0n) is 65.5. The molecule has 0 rings (SSSR count). The molecule has 0 amide bonds. The number of unbranched alkanes of at least 4 members (excludes halogenated alkanes) is 49. The number of phosphoric acid groups is 2. The van der Waals surface area contributed by atoms with Gasteiger partial charge in [-0.2, -0.15) is 0 Å². The number of hydrogen-bond acceptors (Lipinski definition) is 15. The molecule has 0 aromatic heterocycles. The quantitative estimate of drug-likeness (QED) is 0.0222. The normalized spacial score (nSPS) is 14.2. The van der Waals surface area contributed by atoms with Crippen LogP contribution in [0.1, 0.15) is 427 Å². The predicted octanol–water partition coefficient (Wildman–Crippen LogP) is 24.3. The van der Waals surface area contributed by atoms with Gasteiger partial charge in [0.2, 0.25) is 0 Å². The first-order valence-corrected chi connectivity index (χ1v) is 45.0. The minimum Gasteiger partial charge on any atom is -0.462 e. The fourth-order valence-electron chi connectivity index (χ4n) is 12.5. The van der Waals surface area contributed by atoms with Crippen LogP contribution >= 0.6 is 15.6 Å². The van der Waals surface area contributed by atoms with Gasteiger partial charge in [-0.3, -0.25) is 37.3 Å². The van der Waals surface area contributed by atoms with E-state index >= 15 is 0 Å². The molecule has 0 aliphatic carbocycles. The Kier molecular flexibility index (Phi) is 71.2. The van der Waals surface area contributed by atoms with Crippen molar-refractivity contribution < 1.29 is 80.2 Å². The van der Waals surface area contributed by atoms with Gasteiger partial charge in [0.1, 0.15) is 19.3 Å². The molecule has 0 radical (unpaired) electrons. The monoisotopic (exact) mass is 1470 g/mol. The molecule has 594 valence electrons. The molecule has 17 nitrogen and oxygen atoms in total. The molecule has 0 heterocycles. The molecule has 0 aromatic carbocycles. The molecule has 0 saturated carbocycles. The van der Waals surface area contributed by atoms with Crippen LogP contribution in [0.3, 0.4) is 0 Å². The fourth-order valence-corrected chi connectivity index (χ4v) is 14.1. The van der Waals surface area contributed by atoms with Gasteiger partial charge in [-0.1, -0.05) is 375 Å². The third kappa shape index (κ3) is 73.0. The molecule has 0 fully saturated rings. The lowest BCUT2D eigenvalue weighted by Crippen LogP contribution is -2.30. The maximum atomic E-state index is 13.1. The summed E-state index contributed by atoms with van der Waals surface area (Å²) in [5.41, 5.74) is 0. The molecule has 3 unspecified atom stereocenters. The van der Waals surface area contributed by atoms with Crippen LogP contribution in [0.5, 0.6) is 0 Å². The highest BCUT2D eigenvalue weighted by atomic mass is 31.2. The van der Waals surface area contributed by atoms with Crippen molar-refractivity contribution in [3.05, 3.63) is 0 Å². The van der Waals surface area contributed by atoms with Gasteiger partial charge < -0.3 is 33.8 Å². The van der Waals surface area contributed by atoms with Gasteiger partial charge in [-0.15, -0.1) is 0 Å². The van der Waals surface area contributed by atoms with Crippen LogP contribution in [0.4, 0.5) is 0 Å². The number of hydrogen-bond donors (Lipinski definition) is 3. The zero-order chi connectivity index (χ0) is 73.5. The van der Waals surface area contributed by atoms with Crippen molar-refractivity contribution in [3.8, 4) is 0 Å². The Labute approximate surface area is 613 Å². The van der Waals surface area contributed by atoms with E-state index in [0.29, 0.717) is 25.7 Å². The number of aliphatic hydroxyl groups excluding tert-OH is 1. The predicted molar refractivity (Wildman–Crippen MR) is 409 cm³/mol. The molecular weight excluding hydrogens is 1310 g/mol. The van der Waals surface area contributed by atoms with Gasteiger partial charge in [0.25, 0.3) is 0 Å². The van der Waals surface area contributed by atoms with Crippen LogP contribution < -0.4 is 0 Å². The molecule has 100 heavy (non-hydrogen) atoms. The molecule has 3 N–H and O–H groups in total. The van der Waals surface area contributed by atoms with E-state index in [1.807, 2.05) is 0 Å². The number of rotatable bonds is 80. The lowest BCUT2D eigenvalue weighted by molar-refractivity contribution is -0.161. The van der Waals surface area contributed by atoms with Gasteiger partial charge in [-0.05, 0) is 37.5 Å². The third-order valence-corrected chi connectivity index (χ3v) is 21.2. The molecule has 0 aromatic rings. The lowest BCUT2D eigenvalue weighted by Gasteiger charge is -2.21. The van der Waals surface area contributed by atoms with E-state index in [-0.39, 0.29) is 25.7 Å². The molecule has 0 aliphatic rings. The fraction of sp³-hybridized carbons (Fsp3) is 0.951. The Morgan fingerprint density at radius 3 is 0.760 bits per heavy atom. The van der Waals surface area contributed by atoms with E-state index in [2.05, 4.69) is 41.5 Å². The maximum Gasteiger partial charge on any atom is 0.472 e. The Morgan fingerprint density at radius 2 is 0.510 bits per heavy atom. The van der Waals surface area contributed by atoms with E-state index in [4.69, 9.17) is 37.0 Å². The van der Waals surface area contributed by atoms with Crippen LogP contribution in [0.25, 0.3) is 0 Å². The Balaban J connectivity index is 5.25. The Morgan fingerprint density at radius 1 is 0.290 bits per heavy atom. The van der Waals surface area contributed by atoms with Gasteiger partial charge >= 0.3 is 39.5 Å². The van der Waals surface area contributed by atoms with Crippen LogP contribution in [-0.4, -0.2) is 96.7 Å². The Bertz CT molecular complexity index is 1930. The molecule has 6 atom stereocenters. The molecule has 0 aliphatic heterocycles. The minimum atomic E-state index is -4.96. The van der Waals surface area contributed by atoms with Crippen molar-refractivity contribution in [1.29, 1.82) is 0 Å². The highest BCUT2D eigenvalue weighted by Crippen LogP contribution is 2.45. The SMILES string of the molecule is CCCCCCCCCCCCCCC(=O)OC[C@H](COP(=O)(O)OC[C@H](O)COP(=O)(O)OC[C@@H](COC(=O)CCCCCCCCCCCCCCCCC(C)CC)OC(=O)CCCCCCCCCCCCCCCCCC(C)C)OC(=O)CCCCCCCCCCCCCC. The number of aliphatic hydroxyl groups is 1. The number of carbonyl (C=O) groups excluding carboxylic acids is 4. The summed E-state index contributed by atoms with van der Waals surface area (Å²) in [6.07, 6.45) is 62.2. The van der Waals surface area contributed by atoms with Crippen LogP contribution in [0.2, 0.25) is 0 Å². The summed E-state index contributed by atoms with van der Waals surface area (Å²) in [5.74, 6) is -0.453. The van der Waals surface area contributed by atoms with Gasteiger partial charge in [0.05, 0.1) is 26.4 Å². The van der Waals surface area contributed by atoms with E-state index in [0.717, 1.165) is 102 Å². The molecule has 19 heteroatoms. The lowest BCUT2D eigenvalue weighted by atomic mass is 9.99. The topological polar surface area (TPSA) is 237 Å². The van der Waals surface area contributed by atoms with E-state index in [1.165, 1.54) is 244 Å². The zero-order valence-corrected chi connectivity index (χ0v) is 67.3. The minimum absolute atomic E-state index is 0.108. The first kappa shape index (κ1) is 98.1. The van der Waals surface area contributed by atoms with Crippen molar-refractivity contribution in [2.75, 3.05) is 39.6 Å². The summed E-state index contributed by atoms with van der Waals surface area (Å²) in [6.45, 7) is 9.72. The number of esters is 4. The summed E-state index contributed by atoms with van der Waals surface area (Å²) in [7, 11) is -9.92. The first-order chi connectivity index (χ1) is 48.4. The van der Waals surface area contributed by atoms with E-state index < -0.39 is 97.5 Å². The summed E-state index contributed by atoms with van der Waals surface area (Å²) in [6, 6.07) is 0. The second kappa shape index (κ2) is 72.6. The average molecular weight is 1470 g/mol. The van der Waals surface area contributed by atoms with Gasteiger partial charge in [0.15, 0.2) is 12.2 Å². The average Bonchev–Trinajstić information content (AvgIpc) is 0.925. The van der Waals surface area contributed by atoms with Crippen molar-refractivity contribution in [2.24, 2.45) is 11.8 Å². The highest BCUT2D eigenvalue weighted by molar-refractivity contribution is 7.47. The second-order valence-electron chi connectivity index (χ2n) is 29.9. The maximum absolute atomic E-state index is 13.1. The molecule has 0 spiro atoms. The summed E-state index contributed by atoms with van der Waals surface area (Å²) >= 11 is 0. The number of phosphoric ester groups is 2. The van der Waals surface area contributed by atoms with Gasteiger partial charge in [0, 0.05) is 25.7 Å². The van der Waals surface area contributed by atoms with Crippen LogP contribution in [0, 0.1) is 11.8 Å². The van der Waals surface area contributed by atoms with Crippen molar-refractivity contribution in [3.63, 3.8) is 0 Å². The van der Waals surface area contributed by atoms with E-state index in [9.17, 15) is 43.2 Å². The Hall–Kier alpha value is -1.94. The molecule has 0 saturated heterocycles. The van der Waals surface area contributed by atoms with Crippen LogP contribution in [-0.2, 0) is 65.4 Å². The van der Waals surface area contributed by atoms with Crippen molar-refractivity contribution in [2.45, 2.75) is 445 Å². The summed E-state index contributed by atoms with van der Waals surface area (Å²) in [4.78, 5) is 73.0. The van der Waals surface area contributed by atoms with Crippen molar-refractivity contribution >= 4 is 39.5 Å². The second-order valence-corrected chi connectivity index (χ2v) is 32.8. The first-order valence-electron chi connectivity index (χ1n) is 42.0. The summed E-state index contributed by atoms with van der Waals surface area (Å²) in [5, 5.41) is 10.6.